The topological polar surface area (TPSA) is 29.5 Å². The van der Waals surface area contributed by atoms with Gasteiger partial charge in [0.2, 0.25) is 0 Å². The van der Waals surface area contributed by atoms with Crippen molar-refractivity contribution in [2.75, 3.05) is 20.6 Å². The molecule has 44 heavy (non-hydrogen) atoms. The molecule has 0 saturated carbocycles. The molecule has 0 aromatic carbocycles. The van der Waals surface area contributed by atoms with Crippen LogP contribution in [0.2, 0.25) is 0 Å². The van der Waals surface area contributed by atoms with Crippen molar-refractivity contribution in [2.24, 2.45) is 0 Å². The molecule has 0 spiro atoms. The summed E-state index contributed by atoms with van der Waals surface area (Å²) in [6.07, 6.45) is 50.1. The zero-order chi connectivity index (χ0) is 32.2. The number of unbranched alkanes of at least 4 members (excludes halogenated alkanes) is 20. The van der Waals surface area contributed by atoms with Gasteiger partial charge in [0.25, 0.3) is 0 Å². The highest BCUT2D eigenvalue weighted by atomic mass is 16.5. The molecule has 0 bridgehead atoms. The average molecular weight is 614 g/mol. The Balaban J connectivity index is 3.87. The fourth-order valence-electron chi connectivity index (χ4n) is 5.59. The number of allylic oxidation sites excluding steroid dienone is 7. The van der Waals surface area contributed by atoms with Crippen LogP contribution in [0.4, 0.5) is 0 Å². The van der Waals surface area contributed by atoms with Crippen molar-refractivity contribution in [3.63, 3.8) is 0 Å². The van der Waals surface area contributed by atoms with E-state index in [0.29, 0.717) is 6.54 Å². The molecule has 0 aliphatic heterocycles. The molecule has 3 heteroatoms. The summed E-state index contributed by atoms with van der Waals surface area (Å²) in [7, 11) is 3.86. The monoisotopic (exact) mass is 614 g/mol. The van der Waals surface area contributed by atoms with Gasteiger partial charge in [-0.25, -0.2) is 0 Å². The van der Waals surface area contributed by atoms with E-state index in [9.17, 15) is 4.79 Å². The van der Waals surface area contributed by atoms with E-state index in [0.717, 1.165) is 25.7 Å². The maximum atomic E-state index is 12.3. The van der Waals surface area contributed by atoms with Gasteiger partial charge in [-0.15, -0.1) is 6.58 Å². The molecule has 0 saturated heterocycles. The summed E-state index contributed by atoms with van der Waals surface area (Å²) in [6.45, 7) is 6.43. The molecule has 3 nitrogen and oxygen atoms in total. The summed E-state index contributed by atoms with van der Waals surface area (Å²) >= 11 is 0. The summed E-state index contributed by atoms with van der Waals surface area (Å²) in [5.41, 5.74) is 0. The molecule has 0 aromatic heterocycles. The maximum Gasteiger partial charge on any atom is 0.320 e. The summed E-state index contributed by atoms with van der Waals surface area (Å²) in [6, 6.07) is 0. The molecule has 0 heterocycles. The third-order valence-corrected chi connectivity index (χ3v) is 8.31. The Morgan fingerprint density at radius 2 is 0.955 bits per heavy atom. The molecule has 0 fully saturated rings. The van der Waals surface area contributed by atoms with Crippen LogP contribution in [0.1, 0.15) is 180 Å². The highest BCUT2D eigenvalue weighted by Gasteiger charge is 2.14. The van der Waals surface area contributed by atoms with Crippen LogP contribution in [0.3, 0.4) is 0 Å². The zero-order valence-electron chi connectivity index (χ0n) is 29.9. The summed E-state index contributed by atoms with van der Waals surface area (Å²) in [4.78, 5) is 14.2. The number of rotatable bonds is 34. The second-order valence-corrected chi connectivity index (χ2v) is 13.2. The van der Waals surface area contributed by atoms with E-state index in [-0.39, 0.29) is 12.1 Å². The molecule has 0 rings (SSSR count). The first-order valence-corrected chi connectivity index (χ1v) is 19.0. The smallest absolute Gasteiger partial charge is 0.320 e. The van der Waals surface area contributed by atoms with Gasteiger partial charge in [-0.05, 0) is 110 Å². The minimum absolute atomic E-state index is 0.0687. The van der Waals surface area contributed by atoms with Crippen LogP contribution < -0.4 is 0 Å². The van der Waals surface area contributed by atoms with Crippen molar-refractivity contribution < 1.29 is 9.53 Å². The average Bonchev–Trinajstić information content (AvgIpc) is 3.00. The van der Waals surface area contributed by atoms with E-state index >= 15 is 0 Å². The van der Waals surface area contributed by atoms with Gasteiger partial charge in [0.05, 0.1) is 6.54 Å². The number of carbonyl (C=O) groups is 1. The van der Waals surface area contributed by atoms with Crippen LogP contribution in [0.25, 0.3) is 0 Å². The summed E-state index contributed by atoms with van der Waals surface area (Å²) < 4.78 is 5.91. The molecule has 0 aromatic rings. The van der Waals surface area contributed by atoms with E-state index in [1.807, 2.05) is 25.1 Å². The molecule has 0 radical (unpaired) electrons. The lowest BCUT2D eigenvalue weighted by molar-refractivity contribution is -0.150. The quantitative estimate of drug-likeness (QED) is 0.0411. The van der Waals surface area contributed by atoms with Crippen LogP contribution in [0.15, 0.2) is 49.1 Å². The van der Waals surface area contributed by atoms with Crippen LogP contribution in [-0.4, -0.2) is 37.6 Å². The lowest BCUT2D eigenvalue weighted by Crippen LogP contribution is -2.27. The lowest BCUT2D eigenvalue weighted by Gasteiger charge is -2.19. The predicted octanol–water partition coefficient (Wildman–Crippen LogP) is 12.9. The Morgan fingerprint density at radius 1 is 0.568 bits per heavy atom. The molecule has 1 unspecified atom stereocenters. The largest absolute Gasteiger partial charge is 0.461 e. The van der Waals surface area contributed by atoms with Crippen LogP contribution >= 0.6 is 0 Å². The fraction of sp³-hybridized carbons (Fsp3) is 0.780. The predicted molar refractivity (Wildman–Crippen MR) is 196 cm³/mol. The number of likely N-dealkylation sites (N-methyl/N-ethyl adjacent to an activating group) is 1. The molecule has 0 amide bonds. The maximum absolute atomic E-state index is 12.3. The minimum atomic E-state index is -0.0687. The molecule has 256 valence electrons. The SMILES string of the molecule is C=CCCCCCCC=CCCCCCCCCC(CCCCCCCCC=CCC=CCCCCC)OC(=O)CN(C)C. The molecular weight excluding hydrogens is 538 g/mol. The second kappa shape index (κ2) is 35.9. The number of esters is 1. The van der Waals surface area contributed by atoms with E-state index in [1.54, 1.807) is 0 Å². The Labute approximate surface area is 276 Å². The first kappa shape index (κ1) is 42.4. The Bertz CT molecular complexity index is 693. The van der Waals surface area contributed by atoms with E-state index in [4.69, 9.17) is 4.74 Å². The van der Waals surface area contributed by atoms with Crippen LogP contribution in [-0.2, 0) is 9.53 Å². The van der Waals surface area contributed by atoms with Crippen molar-refractivity contribution in [2.45, 2.75) is 186 Å². The van der Waals surface area contributed by atoms with E-state index < -0.39 is 0 Å². The summed E-state index contributed by atoms with van der Waals surface area (Å²) in [5, 5.41) is 0. The summed E-state index contributed by atoms with van der Waals surface area (Å²) in [5.74, 6) is -0.0687. The minimum Gasteiger partial charge on any atom is -0.461 e. The standard InChI is InChI=1S/C41H75NO2/c1-5-7-9-11-13-15-17-19-21-23-25-27-29-31-33-35-37-40(44-41(43)39-42(3)4)38-36-34-32-30-28-26-24-22-20-18-16-14-12-10-8-6-2/h5,14,16,19-22,40H,1,6-13,15,17-18,23-39H2,2-4H3. The highest BCUT2D eigenvalue weighted by molar-refractivity contribution is 5.71. The third kappa shape index (κ3) is 34.9. The molecule has 0 N–H and O–H groups in total. The van der Waals surface area contributed by atoms with E-state index in [2.05, 4.69) is 50.0 Å². The second-order valence-electron chi connectivity index (χ2n) is 13.2. The number of nitrogens with zero attached hydrogens (tertiary/aromatic N) is 1. The highest BCUT2D eigenvalue weighted by Crippen LogP contribution is 2.18. The van der Waals surface area contributed by atoms with E-state index in [1.165, 1.54) is 148 Å². The van der Waals surface area contributed by atoms with Gasteiger partial charge in [0.15, 0.2) is 0 Å². The third-order valence-electron chi connectivity index (χ3n) is 8.31. The fourth-order valence-corrected chi connectivity index (χ4v) is 5.59. The normalized spacial score (nSPS) is 12.7. The van der Waals surface area contributed by atoms with Gasteiger partial charge in [0, 0.05) is 0 Å². The Kier molecular flexibility index (Phi) is 34.6. The molecule has 1 atom stereocenters. The lowest BCUT2D eigenvalue weighted by atomic mass is 10.0. The van der Waals surface area contributed by atoms with Crippen LogP contribution in [0.5, 0.6) is 0 Å². The first-order valence-electron chi connectivity index (χ1n) is 19.0. The molecular formula is C41H75NO2. The zero-order valence-corrected chi connectivity index (χ0v) is 29.9. The van der Waals surface area contributed by atoms with Crippen molar-refractivity contribution in [3.8, 4) is 0 Å². The van der Waals surface area contributed by atoms with Crippen molar-refractivity contribution in [1.82, 2.24) is 4.90 Å². The van der Waals surface area contributed by atoms with Crippen LogP contribution in [0, 0.1) is 0 Å². The Morgan fingerprint density at radius 3 is 1.39 bits per heavy atom. The van der Waals surface area contributed by atoms with Gasteiger partial charge in [0.1, 0.15) is 6.10 Å². The first-order chi connectivity index (χ1) is 21.6. The number of hydrogen-bond donors (Lipinski definition) is 0. The van der Waals surface area contributed by atoms with Gasteiger partial charge in [-0.3, -0.25) is 9.69 Å². The van der Waals surface area contributed by atoms with Crippen molar-refractivity contribution in [3.05, 3.63) is 49.1 Å². The van der Waals surface area contributed by atoms with Gasteiger partial charge in [-0.1, -0.05) is 127 Å². The number of hydrogen-bond acceptors (Lipinski definition) is 3. The van der Waals surface area contributed by atoms with Gasteiger partial charge < -0.3 is 4.74 Å². The molecule has 0 aliphatic rings. The van der Waals surface area contributed by atoms with Crippen molar-refractivity contribution in [1.29, 1.82) is 0 Å². The van der Waals surface area contributed by atoms with Gasteiger partial charge in [-0.2, -0.15) is 0 Å². The Hall–Kier alpha value is -1.61. The molecule has 0 aliphatic carbocycles. The number of carbonyl (C=O) groups excluding carboxylic acids is 1. The van der Waals surface area contributed by atoms with Gasteiger partial charge >= 0.3 is 5.97 Å². The van der Waals surface area contributed by atoms with Crippen molar-refractivity contribution >= 4 is 5.97 Å². The number of ether oxygens (including phenoxy) is 1.